The van der Waals surface area contributed by atoms with Gasteiger partial charge < -0.3 is 5.11 Å². The number of aromatic hydroxyl groups is 1. The van der Waals surface area contributed by atoms with E-state index >= 15 is 0 Å². The zero-order chi connectivity index (χ0) is 14.5. The molecule has 0 bridgehead atoms. The highest BCUT2D eigenvalue weighted by Gasteiger charge is 2.03. The van der Waals surface area contributed by atoms with Crippen LogP contribution < -0.4 is 5.43 Å². The Labute approximate surface area is 121 Å². The highest BCUT2D eigenvalue weighted by molar-refractivity contribution is 6.30. The maximum Gasteiger partial charge on any atom is 0.271 e. The van der Waals surface area contributed by atoms with E-state index in [9.17, 15) is 9.90 Å². The number of benzene rings is 2. The Kier molecular flexibility index (Phi) is 4.38. The van der Waals surface area contributed by atoms with Crippen molar-refractivity contribution in [2.75, 3.05) is 0 Å². The summed E-state index contributed by atoms with van der Waals surface area (Å²) < 4.78 is 0. The lowest BCUT2D eigenvalue weighted by atomic mass is 10.1. The van der Waals surface area contributed by atoms with Gasteiger partial charge in [0.2, 0.25) is 0 Å². The molecule has 0 saturated heterocycles. The molecule has 1 amide bonds. The number of hydrogen-bond donors (Lipinski definition) is 2. The fourth-order valence-electron chi connectivity index (χ4n) is 1.60. The maximum absolute atomic E-state index is 11.8. The van der Waals surface area contributed by atoms with Gasteiger partial charge in [0.1, 0.15) is 5.75 Å². The Bertz CT molecular complexity index is 651. The second kappa shape index (κ2) is 6.21. The number of aryl methyl sites for hydroxylation is 1. The number of amides is 1. The molecule has 0 radical (unpaired) electrons. The number of phenols is 1. The lowest BCUT2D eigenvalue weighted by Gasteiger charge is -2.01. The number of carbonyl (C=O) groups is 1. The van der Waals surface area contributed by atoms with Gasteiger partial charge in [-0.15, -0.1) is 0 Å². The van der Waals surface area contributed by atoms with Crippen molar-refractivity contribution in [2.45, 2.75) is 6.92 Å². The number of carbonyl (C=O) groups excluding carboxylic acids is 1. The number of halogens is 1. The van der Waals surface area contributed by atoms with Gasteiger partial charge in [-0.05, 0) is 43.3 Å². The number of hydrogen-bond acceptors (Lipinski definition) is 3. The third kappa shape index (κ3) is 3.59. The van der Waals surface area contributed by atoms with Gasteiger partial charge in [-0.25, -0.2) is 5.43 Å². The number of phenolic OH excluding ortho intramolecular Hbond substituents is 1. The minimum Gasteiger partial charge on any atom is -0.507 e. The molecule has 2 aromatic carbocycles. The molecule has 0 aromatic heterocycles. The summed E-state index contributed by atoms with van der Waals surface area (Å²) in [6, 6.07) is 11.6. The van der Waals surface area contributed by atoms with Crippen LogP contribution in [0.1, 0.15) is 21.5 Å². The van der Waals surface area contributed by atoms with Gasteiger partial charge in [0.05, 0.1) is 6.21 Å². The normalized spacial score (nSPS) is 10.7. The van der Waals surface area contributed by atoms with Crippen molar-refractivity contribution in [3.63, 3.8) is 0 Å². The summed E-state index contributed by atoms with van der Waals surface area (Å²) in [6.45, 7) is 1.91. The Morgan fingerprint density at radius 2 is 1.95 bits per heavy atom. The van der Waals surface area contributed by atoms with Crippen LogP contribution in [-0.4, -0.2) is 17.2 Å². The van der Waals surface area contributed by atoms with Crippen LogP contribution in [0.5, 0.6) is 5.75 Å². The number of nitrogens with zero attached hydrogens (tertiary/aromatic N) is 1. The van der Waals surface area contributed by atoms with Crippen molar-refractivity contribution in [1.82, 2.24) is 5.43 Å². The van der Waals surface area contributed by atoms with Gasteiger partial charge in [-0.1, -0.05) is 23.2 Å². The van der Waals surface area contributed by atoms with Crippen LogP contribution in [-0.2, 0) is 0 Å². The molecule has 0 fully saturated rings. The fourth-order valence-corrected chi connectivity index (χ4v) is 1.73. The third-order valence-corrected chi connectivity index (χ3v) is 2.91. The summed E-state index contributed by atoms with van der Waals surface area (Å²) in [5.74, 6) is -0.231. The van der Waals surface area contributed by atoms with Crippen LogP contribution in [0.2, 0.25) is 5.02 Å². The number of nitrogens with one attached hydrogen (secondary N) is 1. The predicted molar refractivity (Wildman–Crippen MR) is 79.4 cm³/mol. The second-order valence-electron chi connectivity index (χ2n) is 4.27. The first-order valence-corrected chi connectivity index (χ1v) is 6.32. The predicted octanol–water partition coefficient (Wildman–Crippen LogP) is 3.12. The van der Waals surface area contributed by atoms with Crippen molar-refractivity contribution in [3.8, 4) is 5.75 Å². The minimum atomic E-state index is -0.343. The topological polar surface area (TPSA) is 61.7 Å². The SMILES string of the molecule is Cc1ccc(O)c(/C=N\NC(=O)c2ccc(Cl)cc2)c1. The van der Waals surface area contributed by atoms with Crippen molar-refractivity contribution in [1.29, 1.82) is 0 Å². The van der Waals surface area contributed by atoms with E-state index in [4.69, 9.17) is 11.6 Å². The molecule has 0 aliphatic heterocycles. The molecule has 0 heterocycles. The van der Waals surface area contributed by atoms with Crippen LogP contribution in [0.25, 0.3) is 0 Å². The monoisotopic (exact) mass is 288 g/mol. The smallest absolute Gasteiger partial charge is 0.271 e. The van der Waals surface area contributed by atoms with E-state index in [-0.39, 0.29) is 11.7 Å². The van der Waals surface area contributed by atoms with Crippen molar-refractivity contribution < 1.29 is 9.90 Å². The molecule has 2 rings (SSSR count). The molecule has 5 heteroatoms. The standard InChI is InChI=1S/C15H13ClN2O2/c1-10-2-7-14(19)12(8-10)9-17-18-15(20)11-3-5-13(16)6-4-11/h2-9,19H,1H3,(H,18,20)/b17-9-. The molecule has 2 N–H and O–H groups in total. The molecule has 2 aromatic rings. The van der Waals surface area contributed by atoms with Crippen LogP contribution >= 0.6 is 11.6 Å². The highest BCUT2D eigenvalue weighted by atomic mass is 35.5. The zero-order valence-electron chi connectivity index (χ0n) is 10.8. The van der Waals surface area contributed by atoms with Crippen molar-refractivity contribution in [3.05, 3.63) is 64.2 Å². The molecule has 0 aliphatic rings. The van der Waals surface area contributed by atoms with E-state index in [2.05, 4.69) is 10.5 Å². The molecule has 102 valence electrons. The first-order chi connectivity index (χ1) is 9.56. The first-order valence-electron chi connectivity index (χ1n) is 5.95. The van der Waals surface area contributed by atoms with E-state index in [0.717, 1.165) is 5.56 Å². The molecule has 0 aliphatic carbocycles. The van der Waals surface area contributed by atoms with Crippen molar-refractivity contribution >= 4 is 23.7 Å². The molecule has 4 nitrogen and oxygen atoms in total. The summed E-state index contributed by atoms with van der Waals surface area (Å²) in [5, 5.41) is 14.0. The molecular formula is C15H13ClN2O2. The average molecular weight is 289 g/mol. The van der Waals surface area contributed by atoms with E-state index in [1.165, 1.54) is 6.21 Å². The Morgan fingerprint density at radius 1 is 1.25 bits per heavy atom. The maximum atomic E-state index is 11.8. The summed E-state index contributed by atoms with van der Waals surface area (Å²) in [7, 11) is 0. The van der Waals surface area contributed by atoms with Gasteiger partial charge >= 0.3 is 0 Å². The third-order valence-electron chi connectivity index (χ3n) is 2.66. The average Bonchev–Trinajstić information content (AvgIpc) is 2.43. The lowest BCUT2D eigenvalue weighted by Crippen LogP contribution is -2.17. The Morgan fingerprint density at radius 3 is 2.65 bits per heavy atom. The number of rotatable bonds is 3. The second-order valence-corrected chi connectivity index (χ2v) is 4.70. The zero-order valence-corrected chi connectivity index (χ0v) is 11.6. The van der Waals surface area contributed by atoms with Crippen LogP contribution in [0, 0.1) is 6.92 Å². The number of hydrazone groups is 1. The van der Waals surface area contributed by atoms with Gasteiger partial charge in [-0.2, -0.15) is 5.10 Å². The molecule has 0 saturated carbocycles. The van der Waals surface area contributed by atoms with Crippen LogP contribution in [0.15, 0.2) is 47.6 Å². The summed E-state index contributed by atoms with van der Waals surface area (Å²) in [4.78, 5) is 11.8. The van der Waals surface area contributed by atoms with Gasteiger partial charge in [0.15, 0.2) is 0 Å². The first kappa shape index (κ1) is 14.1. The van der Waals surface area contributed by atoms with Crippen molar-refractivity contribution in [2.24, 2.45) is 5.10 Å². The van der Waals surface area contributed by atoms with Crippen LogP contribution in [0.4, 0.5) is 0 Å². The fraction of sp³-hybridized carbons (Fsp3) is 0.0667. The largest absolute Gasteiger partial charge is 0.507 e. The Hall–Kier alpha value is -2.33. The molecule has 0 spiro atoms. The molecule has 20 heavy (non-hydrogen) atoms. The Balaban J connectivity index is 2.04. The molecule has 0 unspecified atom stereocenters. The summed E-state index contributed by atoms with van der Waals surface area (Å²) in [6.07, 6.45) is 1.40. The van der Waals surface area contributed by atoms with Crippen LogP contribution in [0.3, 0.4) is 0 Å². The van der Waals surface area contributed by atoms with E-state index < -0.39 is 0 Å². The van der Waals surface area contributed by atoms with E-state index in [1.807, 2.05) is 6.92 Å². The summed E-state index contributed by atoms with van der Waals surface area (Å²) in [5.41, 5.74) is 4.38. The van der Waals surface area contributed by atoms with Gasteiger partial charge in [0, 0.05) is 16.1 Å². The van der Waals surface area contributed by atoms with E-state index in [1.54, 1.807) is 42.5 Å². The highest BCUT2D eigenvalue weighted by Crippen LogP contribution is 2.15. The minimum absolute atomic E-state index is 0.111. The van der Waals surface area contributed by atoms with Gasteiger partial charge in [0.25, 0.3) is 5.91 Å². The quantitative estimate of drug-likeness (QED) is 0.673. The van der Waals surface area contributed by atoms with Gasteiger partial charge in [-0.3, -0.25) is 4.79 Å². The molecule has 0 atom stereocenters. The van der Waals surface area contributed by atoms with E-state index in [0.29, 0.717) is 16.1 Å². The lowest BCUT2D eigenvalue weighted by molar-refractivity contribution is 0.0955. The summed E-state index contributed by atoms with van der Waals surface area (Å²) >= 11 is 5.74. The molecular weight excluding hydrogens is 276 g/mol.